The van der Waals surface area contributed by atoms with Crippen LogP contribution in [0, 0.1) is 13.8 Å². The molecule has 3 rings (SSSR count). The highest BCUT2D eigenvalue weighted by Crippen LogP contribution is 2.35. The SMILES string of the molecule is COC[C@@H](C)n1c(C)cc(C(=O)COC(=O)c2cc(O)c3ccccc3c2O)c1C. The summed E-state index contributed by atoms with van der Waals surface area (Å²) in [6, 6.07) is 9.56. The van der Waals surface area contributed by atoms with Gasteiger partial charge in [-0.3, -0.25) is 4.79 Å². The van der Waals surface area contributed by atoms with Gasteiger partial charge in [0.25, 0.3) is 0 Å². The molecule has 0 saturated heterocycles. The van der Waals surface area contributed by atoms with Crippen molar-refractivity contribution < 1.29 is 29.3 Å². The molecule has 7 heteroatoms. The lowest BCUT2D eigenvalue weighted by molar-refractivity contribution is 0.0471. The summed E-state index contributed by atoms with van der Waals surface area (Å²) in [7, 11) is 1.62. The molecule has 1 atom stereocenters. The largest absolute Gasteiger partial charge is 0.507 e. The second kappa shape index (κ2) is 8.59. The second-order valence-corrected chi connectivity index (χ2v) is 7.30. The summed E-state index contributed by atoms with van der Waals surface area (Å²) >= 11 is 0. The average Bonchev–Trinajstić information content (AvgIpc) is 3.03. The molecule has 1 heterocycles. The van der Waals surface area contributed by atoms with E-state index in [0.29, 0.717) is 22.9 Å². The molecule has 0 spiro atoms. The average molecular weight is 411 g/mol. The van der Waals surface area contributed by atoms with Gasteiger partial charge in [0.05, 0.1) is 12.6 Å². The van der Waals surface area contributed by atoms with Crippen LogP contribution in [0.1, 0.15) is 45.1 Å². The summed E-state index contributed by atoms with van der Waals surface area (Å²) in [5.74, 6) is -1.69. The lowest BCUT2D eigenvalue weighted by atomic mass is 10.0. The van der Waals surface area contributed by atoms with Crippen molar-refractivity contribution in [2.24, 2.45) is 0 Å². The van der Waals surface area contributed by atoms with E-state index in [1.165, 1.54) is 0 Å². The van der Waals surface area contributed by atoms with E-state index >= 15 is 0 Å². The Kier molecular flexibility index (Phi) is 6.12. The number of aromatic hydroxyl groups is 2. The highest BCUT2D eigenvalue weighted by Gasteiger charge is 2.22. The standard InChI is InChI=1S/C23H25NO6/c1-13-9-18(15(3)24(13)14(2)11-29-4)21(26)12-30-23(28)19-10-20(25)16-7-5-6-8-17(16)22(19)27/h5-10,14,25,27H,11-12H2,1-4H3/t14-/m1/s1. The molecule has 0 amide bonds. The Morgan fingerprint density at radius 3 is 2.40 bits per heavy atom. The van der Waals surface area contributed by atoms with Crippen molar-refractivity contribution in [3.8, 4) is 11.5 Å². The predicted molar refractivity (Wildman–Crippen MR) is 112 cm³/mol. The fraction of sp³-hybridized carbons (Fsp3) is 0.304. The third-order valence-electron chi connectivity index (χ3n) is 5.18. The molecule has 0 fully saturated rings. The van der Waals surface area contributed by atoms with E-state index < -0.39 is 12.6 Å². The maximum atomic E-state index is 12.7. The molecular formula is C23H25NO6. The van der Waals surface area contributed by atoms with Crippen LogP contribution in [0.4, 0.5) is 0 Å². The Balaban J connectivity index is 1.79. The van der Waals surface area contributed by atoms with Crippen molar-refractivity contribution in [3.05, 3.63) is 58.9 Å². The first kappa shape index (κ1) is 21.4. The molecule has 0 saturated carbocycles. The van der Waals surface area contributed by atoms with Gasteiger partial charge < -0.3 is 24.3 Å². The normalized spacial score (nSPS) is 12.1. The summed E-state index contributed by atoms with van der Waals surface area (Å²) in [6.07, 6.45) is 0. The Labute approximate surface area is 174 Å². The Morgan fingerprint density at radius 2 is 1.73 bits per heavy atom. The number of phenols is 2. The molecule has 0 bridgehead atoms. The summed E-state index contributed by atoms with van der Waals surface area (Å²) in [5, 5.41) is 21.3. The molecule has 0 aliphatic rings. The van der Waals surface area contributed by atoms with Crippen LogP contribution in [0.25, 0.3) is 10.8 Å². The van der Waals surface area contributed by atoms with Crippen LogP contribution in [-0.2, 0) is 9.47 Å². The third-order valence-corrected chi connectivity index (χ3v) is 5.18. The maximum Gasteiger partial charge on any atom is 0.342 e. The van der Waals surface area contributed by atoms with Crippen molar-refractivity contribution in [2.45, 2.75) is 26.8 Å². The fourth-order valence-electron chi connectivity index (χ4n) is 3.84. The molecule has 30 heavy (non-hydrogen) atoms. The van der Waals surface area contributed by atoms with Gasteiger partial charge in [-0.1, -0.05) is 24.3 Å². The van der Waals surface area contributed by atoms with Crippen LogP contribution in [0.5, 0.6) is 11.5 Å². The van der Waals surface area contributed by atoms with Crippen molar-refractivity contribution in [2.75, 3.05) is 20.3 Å². The highest BCUT2D eigenvalue weighted by atomic mass is 16.5. The number of aromatic nitrogens is 1. The number of hydrogen-bond donors (Lipinski definition) is 2. The van der Waals surface area contributed by atoms with Crippen molar-refractivity contribution in [1.29, 1.82) is 0 Å². The highest BCUT2D eigenvalue weighted by molar-refractivity contribution is 6.05. The fourth-order valence-corrected chi connectivity index (χ4v) is 3.84. The first-order valence-corrected chi connectivity index (χ1v) is 9.57. The van der Waals surface area contributed by atoms with E-state index in [1.807, 2.05) is 25.3 Å². The molecule has 3 aromatic rings. The van der Waals surface area contributed by atoms with Gasteiger partial charge in [-0.2, -0.15) is 0 Å². The van der Waals surface area contributed by atoms with E-state index in [9.17, 15) is 19.8 Å². The quantitative estimate of drug-likeness (QED) is 0.347. The van der Waals surface area contributed by atoms with Gasteiger partial charge in [-0.05, 0) is 32.9 Å². The van der Waals surface area contributed by atoms with E-state index in [4.69, 9.17) is 9.47 Å². The number of carbonyl (C=O) groups is 2. The zero-order valence-corrected chi connectivity index (χ0v) is 17.4. The van der Waals surface area contributed by atoms with E-state index in [1.54, 1.807) is 37.4 Å². The number of phenolic OH excluding ortho intramolecular Hbond substituents is 2. The first-order chi connectivity index (χ1) is 14.3. The number of ketones is 1. The smallest absolute Gasteiger partial charge is 0.342 e. The van der Waals surface area contributed by atoms with Crippen molar-refractivity contribution >= 4 is 22.5 Å². The predicted octanol–water partition coefficient (Wildman–Crippen LogP) is 3.92. The molecule has 0 radical (unpaired) electrons. The van der Waals surface area contributed by atoms with Gasteiger partial charge in [0.2, 0.25) is 5.78 Å². The van der Waals surface area contributed by atoms with Crippen LogP contribution in [0.2, 0.25) is 0 Å². The van der Waals surface area contributed by atoms with Gasteiger partial charge in [0.15, 0.2) is 6.61 Å². The van der Waals surface area contributed by atoms with Crippen molar-refractivity contribution in [3.63, 3.8) is 0 Å². The number of benzene rings is 2. The molecule has 2 aromatic carbocycles. The second-order valence-electron chi connectivity index (χ2n) is 7.30. The zero-order valence-electron chi connectivity index (χ0n) is 17.4. The number of ether oxygens (including phenoxy) is 2. The molecule has 1 aromatic heterocycles. The summed E-state index contributed by atoms with van der Waals surface area (Å²) in [5.41, 5.74) is 1.94. The monoisotopic (exact) mass is 411 g/mol. The number of fused-ring (bicyclic) bond motifs is 1. The minimum atomic E-state index is -0.886. The van der Waals surface area contributed by atoms with Gasteiger partial charge in [-0.25, -0.2) is 4.79 Å². The van der Waals surface area contributed by atoms with Crippen molar-refractivity contribution in [1.82, 2.24) is 4.57 Å². The summed E-state index contributed by atoms with van der Waals surface area (Å²) < 4.78 is 12.4. The van der Waals surface area contributed by atoms with E-state index in [2.05, 4.69) is 0 Å². The number of esters is 1. The Bertz CT molecular complexity index is 1110. The number of methoxy groups -OCH3 is 1. The number of Topliss-reactive ketones (excluding diaryl/α,β-unsaturated/α-hetero) is 1. The molecule has 0 aliphatic carbocycles. The van der Waals surface area contributed by atoms with E-state index in [0.717, 1.165) is 17.5 Å². The topological polar surface area (TPSA) is 98.0 Å². The minimum absolute atomic E-state index is 0.0524. The number of rotatable bonds is 7. The Morgan fingerprint density at radius 1 is 1.07 bits per heavy atom. The van der Waals surface area contributed by atoms with Gasteiger partial charge >= 0.3 is 5.97 Å². The lowest BCUT2D eigenvalue weighted by Crippen LogP contribution is -2.17. The zero-order chi connectivity index (χ0) is 22.0. The van der Waals surface area contributed by atoms with Crippen LogP contribution < -0.4 is 0 Å². The molecular weight excluding hydrogens is 386 g/mol. The van der Waals surface area contributed by atoms with Crippen LogP contribution in [0.15, 0.2) is 36.4 Å². The van der Waals surface area contributed by atoms with E-state index in [-0.39, 0.29) is 28.9 Å². The third kappa shape index (κ3) is 3.89. The Hall–Kier alpha value is -3.32. The van der Waals surface area contributed by atoms with Gasteiger partial charge in [-0.15, -0.1) is 0 Å². The van der Waals surface area contributed by atoms with Gasteiger partial charge in [0.1, 0.15) is 17.1 Å². The molecule has 0 aliphatic heterocycles. The molecule has 158 valence electrons. The van der Waals surface area contributed by atoms with Crippen LogP contribution >= 0.6 is 0 Å². The molecule has 0 unspecified atom stereocenters. The molecule has 2 N–H and O–H groups in total. The van der Waals surface area contributed by atoms with Crippen LogP contribution in [-0.4, -0.2) is 46.9 Å². The number of nitrogens with zero attached hydrogens (tertiary/aromatic N) is 1. The molecule has 7 nitrogen and oxygen atoms in total. The van der Waals surface area contributed by atoms with Gasteiger partial charge in [0, 0.05) is 34.8 Å². The summed E-state index contributed by atoms with van der Waals surface area (Å²) in [6.45, 7) is 5.75. The van der Waals surface area contributed by atoms with Crippen LogP contribution in [0.3, 0.4) is 0 Å². The number of aryl methyl sites for hydroxylation is 1. The summed E-state index contributed by atoms with van der Waals surface area (Å²) in [4.78, 5) is 25.2. The number of hydrogen-bond acceptors (Lipinski definition) is 6. The number of carbonyl (C=O) groups excluding carboxylic acids is 2. The lowest BCUT2D eigenvalue weighted by Gasteiger charge is -2.17. The minimum Gasteiger partial charge on any atom is -0.507 e. The first-order valence-electron chi connectivity index (χ1n) is 9.57. The maximum absolute atomic E-state index is 12.7.